The maximum atomic E-state index is 11.9. The van der Waals surface area contributed by atoms with Gasteiger partial charge in [0.1, 0.15) is 6.04 Å². The molecule has 0 bridgehead atoms. The Morgan fingerprint density at radius 2 is 2.00 bits per heavy atom. The van der Waals surface area contributed by atoms with Crippen LogP contribution in [0.15, 0.2) is 0 Å². The third kappa shape index (κ3) is 4.71. The lowest BCUT2D eigenvalue weighted by molar-refractivity contribution is -0.133. The fourth-order valence-corrected chi connectivity index (χ4v) is 1.32. The molecule has 0 aromatic heterocycles. The summed E-state index contributed by atoms with van der Waals surface area (Å²) < 4.78 is -0.820. The molecular weight excluding hydrogens is 232 g/mol. The monoisotopic (exact) mass is 250 g/mol. The second-order valence-corrected chi connectivity index (χ2v) is 5.17. The minimum atomic E-state index is -1.28. The number of carbonyl (C=O) groups is 2. The molecule has 0 aromatic carbocycles. The average molecular weight is 250 g/mol. The number of rotatable bonds is 5. The maximum Gasteiger partial charge on any atom is 0.405 e. The summed E-state index contributed by atoms with van der Waals surface area (Å²) in [6, 6.07) is -0.954. The number of hydrogen-bond donors (Lipinski definition) is 4. The molecule has 0 aromatic rings. The Bertz CT molecular complexity index is 265. The van der Waals surface area contributed by atoms with E-state index in [2.05, 4.69) is 17.9 Å². The van der Waals surface area contributed by atoms with Gasteiger partial charge in [0.05, 0.1) is 6.61 Å². The highest BCUT2D eigenvalue weighted by Gasteiger charge is 2.35. The van der Waals surface area contributed by atoms with E-state index in [-0.39, 0.29) is 13.2 Å². The lowest BCUT2D eigenvalue weighted by Gasteiger charge is -2.31. The molecule has 0 aliphatic rings. The van der Waals surface area contributed by atoms with Crippen LogP contribution in [-0.2, 0) is 4.79 Å². The number of aliphatic hydroxyl groups excluding tert-OH is 1. The molecule has 0 aliphatic carbocycles. The van der Waals surface area contributed by atoms with E-state index in [1.807, 2.05) is 0 Å². The fourth-order valence-electron chi connectivity index (χ4n) is 1.14. The van der Waals surface area contributed by atoms with Crippen LogP contribution in [0.4, 0.5) is 4.79 Å². The largest absolute Gasteiger partial charge is 0.465 e. The van der Waals surface area contributed by atoms with Crippen molar-refractivity contribution in [2.24, 2.45) is 0 Å². The van der Waals surface area contributed by atoms with Crippen LogP contribution in [0, 0.1) is 0 Å². The molecule has 0 heterocycles. The van der Waals surface area contributed by atoms with Crippen molar-refractivity contribution < 1.29 is 19.8 Å². The zero-order chi connectivity index (χ0) is 12.9. The van der Waals surface area contributed by atoms with Crippen molar-refractivity contribution in [1.29, 1.82) is 0 Å². The number of carbonyl (C=O) groups excluding carboxylic acids is 1. The van der Waals surface area contributed by atoms with Crippen LogP contribution in [0.25, 0.3) is 0 Å². The van der Waals surface area contributed by atoms with Crippen LogP contribution < -0.4 is 5.32 Å². The quantitative estimate of drug-likeness (QED) is 0.508. The summed E-state index contributed by atoms with van der Waals surface area (Å²) in [5.41, 5.74) is 0. The Morgan fingerprint density at radius 3 is 2.31 bits per heavy atom. The van der Waals surface area contributed by atoms with Crippen molar-refractivity contribution in [3.63, 3.8) is 0 Å². The van der Waals surface area contributed by atoms with Gasteiger partial charge in [-0.1, -0.05) is 0 Å². The van der Waals surface area contributed by atoms with Gasteiger partial charge in [-0.3, -0.25) is 4.79 Å². The molecule has 0 saturated heterocycles. The molecule has 0 radical (unpaired) electrons. The van der Waals surface area contributed by atoms with Gasteiger partial charge in [-0.2, -0.15) is 12.6 Å². The van der Waals surface area contributed by atoms with Crippen molar-refractivity contribution in [2.75, 3.05) is 20.2 Å². The maximum absolute atomic E-state index is 11.9. The summed E-state index contributed by atoms with van der Waals surface area (Å²) in [4.78, 5) is 23.7. The van der Waals surface area contributed by atoms with E-state index in [4.69, 9.17) is 10.2 Å². The van der Waals surface area contributed by atoms with Gasteiger partial charge in [0.2, 0.25) is 5.91 Å². The second kappa shape index (κ2) is 5.95. The summed E-state index contributed by atoms with van der Waals surface area (Å²) in [5, 5.41) is 19.5. The molecule has 2 amide bonds. The topological polar surface area (TPSA) is 89.9 Å². The van der Waals surface area contributed by atoms with E-state index >= 15 is 0 Å². The van der Waals surface area contributed by atoms with Crippen LogP contribution >= 0.6 is 12.6 Å². The van der Waals surface area contributed by atoms with Crippen LogP contribution in [-0.4, -0.2) is 58.1 Å². The molecule has 94 valence electrons. The van der Waals surface area contributed by atoms with Gasteiger partial charge in [-0.15, -0.1) is 0 Å². The lowest BCUT2D eigenvalue weighted by atomic mass is 10.0. The first-order valence-corrected chi connectivity index (χ1v) is 5.22. The Kier molecular flexibility index (Phi) is 5.60. The first-order chi connectivity index (χ1) is 7.20. The van der Waals surface area contributed by atoms with Gasteiger partial charge >= 0.3 is 6.09 Å². The summed E-state index contributed by atoms with van der Waals surface area (Å²) >= 11 is 4.19. The smallest absolute Gasteiger partial charge is 0.405 e. The van der Waals surface area contributed by atoms with Crippen molar-refractivity contribution in [3.8, 4) is 0 Å². The van der Waals surface area contributed by atoms with Gasteiger partial charge < -0.3 is 20.4 Å². The number of likely N-dealkylation sites (N-methyl/N-ethyl adjacent to an activating group) is 1. The van der Waals surface area contributed by atoms with E-state index < -0.39 is 22.8 Å². The average Bonchev–Trinajstić information content (AvgIpc) is 2.11. The van der Waals surface area contributed by atoms with Crippen molar-refractivity contribution in [3.05, 3.63) is 0 Å². The standard InChI is InChI=1S/C9H18N2O4S/c1-9(2,16)6(10-8(14)15)7(13)11(3)4-5-12/h6,10,12,16H,4-5H2,1-3H3,(H,14,15). The third-order valence-electron chi connectivity index (χ3n) is 2.03. The van der Waals surface area contributed by atoms with Gasteiger partial charge in [0, 0.05) is 18.3 Å². The summed E-state index contributed by atoms with van der Waals surface area (Å²) in [7, 11) is 1.49. The Morgan fingerprint density at radius 1 is 1.50 bits per heavy atom. The van der Waals surface area contributed by atoms with Gasteiger partial charge in [0.25, 0.3) is 0 Å². The number of nitrogens with zero attached hydrogens (tertiary/aromatic N) is 1. The lowest BCUT2D eigenvalue weighted by Crippen LogP contribution is -2.56. The van der Waals surface area contributed by atoms with Crippen molar-refractivity contribution in [1.82, 2.24) is 10.2 Å². The van der Waals surface area contributed by atoms with Crippen LogP contribution in [0.2, 0.25) is 0 Å². The molecule has 3 N–H and O–H groups in total. The molecule has 6 nitrogen and oxygen atoms in total. The van der Waals surface area contributed by atoms with E-state index in [1.54, 1.807) is 13.8 Å². The zero-order valence-electron chi connectivity index (χ0n) is 9.60. The number of nitrogens with one attached hydrogen (secondary N) is 1. The number of hydrogen-bond acceptors (Lipinski definition) is 4. The molecule has 7 heteroatoms. The van der Waals surface area contributed by atoms with Crippen molar-refractivity contribution in [2.45, 2.75) is 24.6 Å². The Balaban J connectivity index is 4.76. The molecular formula is C9H18N2O4S. The molecule has 0 aliphatic heterocycles. The number of amides is 2. The fraction of sp³-hybridized carbons (Fsp3) is 0.778. The first kappa shape index (κ1) is 15.0. The van der Waals surface area contributed by atoms with Gasteiger partial charge in [-0.05, 0) is 13.8 Å². The molecule has 16 heavy (non-hydrogen) atoms. The highest BCUT2D eigenvalue weighted by molar-refractivity contribution is 7.81. The molecule has 1 unspecified atom stereocenters. The first-order valence-electron chi connectivity index (χ1n) is 4.77. The highest BCUT2D eigenvalue weighted by Crippen LogP contribution is 2.19. The van der Waals surface area contributed by atoms with Crippen LogP contribution in [0.1, 0.15) is 13.8 Å². The third-order valence-corrected chi connectivity index (χ3v) is 2.29. The van der Waals surface area contributed by atoms with Gasteiger partial charge in [-0.25, -0.2) is 4.79 Å². The normalized spacial score (nSPS) is 13.1. The number of thiol groups is 1. The van der Waals surface area contributed by atoms with Gasteiger partial charge in [0.15, 0.2) is 0 Å². The minimum Gasteiger partial charge on any atom is -0.465 e. The zero-order valence-corrected chi connectivity index (χ0v) is 10.5. The SMILES string of the molecule is CN(CCO)C(=O)C(NC(=O)O)C(C)(C)S. The molecule has 0 rings (SSSR count). The van der Waals surface area contributed by atoms with Crippen LogP contribution in [0.5, 0.6) is 0 Å². The predicted octanol–water partition coefficient (Wildman–Crippen LogP) is -0.218. The number of carboxylic acid groups (broad SMARTS) is 1. The van der Waals surface area contributed by atoms with E-state index in [0.29, 0.717) is 0 Å². The van der Waals surface area contributed by atoms with E-state index in [0.717, 1.165) is 0 Å². The molecule has 0 fully saturated rings. The molecule has 0 spiro atoms. The summed E-state index contributed by atoms with van der Waals surface area (Å²) in [6.07, 6.45) is -1.28. The Hall–Kier alpha value is -0.950. The molecule has 1 atom stereocenters. The molecule has 0 saturated carbocycles. The Labute approximate surface area is 100 Å². The second-order valence-electron chi connectivity index (χ2n) is 4.02. The van der Waals surface area contributed by atoms with E-state index in [1.165, 1.54) is 11.9 Å². The number of aliphatic hydroxyl groups is 1. The minimum absolute atomic E-state index is 0.153. The summed E-state index contributed by atoms with van der Waals surface area (Å²) in [6.45, 7) is 3.26. The van der Waals surface area contributed by atoms with Crippen molar-refractivity contribution >= 4 is 24.6 Å². The predicted molar refractivity (Wildman–Crippen MR) is 62.7 cm³/mol. The van der Waals surface area contributed by atoms with Crippen LogP contribution in [0.3, 0.4) is 0 Å². The van der Waals surface area contributed by atoms with E-state index in [9.17, 15) is 9.59 Å². The highest BCUT2D eigenvalue weighted by atomic mass is 32.1. The summed E-state index contributed by atoms with van der Waals surface area (Å²) in [5.74, 6) is -0.420.